The molecule has 3 amide bonds. The number of amides is 3. The molecule has 0 saturated heterocycles. The van der Waals surface area contributed by atoms with Crippen molar-refractivity contribution < 1.29 is 14.3 Å². The Morgan fingerprint density at radius 2 is 1.75 bits per heavy atom. The van der Waals surface area contributed by atoms with Gasteiger partial charge in [-0.15, -0.1) is 0 Å². The molecule has 20 heavy (non-hydrogen) atoms. The number of anilines is 1. The van der Waals surface area contributed by atoms with Gasteiger partial charge in [0.1, 0.15) is 5.60 Å². The van der Waals surface area contributed by atoms with Crippen molar-refractivity contribution in [3.63, 3.8) is 0 Å². The van der Waals surface area contributed by atoms with Crippen LogP contribution in [0.4, 0.5) is 15.3 Å². The Balaban J connectivity index is 2.15. The highest BCUT2D eigenvalue weighted by atomic mass is 16.6. The Kier molecular flexibility index (Phi) is 5.76. The molecule has 7 nitrogen and oxygen atoms in total. The van der Waals surface area contributed by atoms with Crippen molar-refractivity contribution in [2.24, 2.45) is 0 Å². The molecule has 0 unspecified atom stereocenters. The molecule has 3 N–H and O–H groups in total. The maximum absolute atomic E-state index is 11.5. The average Bonchev–Trinajstić information content (AvgIpc) is 2.34. The molecular formula is C13H20N4O3. The minimum atomic E-state index is -0.532. The third-order valence-corrected chi connectivity index (χ3v) is 2.02. The van der Waals surface area contributed by atoms with Crippen LogP contribution in [0.25, 0.3) is 0 Å². The number of carbonyl (C=O) groups is 2. The van der Waals surface area contributed by atoms with Gasteiger partial charge in [0.15, 0.2) is 0 Å². The molecule has 7 heteroatoms. The third-order valence-electron chi connectivity index (χ3n) is 2.02. The lowest BCUT2D eigenvalue weighted by molar-refractivity contribution is 0.0528. The van der Waals surface area contributed by atoms with Gasteiger partial charge < -0.3 is 20.7 Å². The topological polar surface area (TPSA) is 92.4 Å². The normalized spacial score (nSPS) is 10.6. The van der Waals surface area contributed by atoms with Crippen LogP contribution in [0, 0.1) is 0 Å². The van der Waals surface area contributed by atoms with Gasteiger partial charge in [0, 0.05) is 31.2 Å². The van der Waals surface area contributed by atoms with Crippen molar-refractivity contribution in [1.29, 1.82) is 0 Å². The van der Waals surface area contributed by atoms with Gasteiger partial charge >= 0.3 is 12.1 Å². The van der Waals surface area contributed by atoms with Gasteiger partial charge in [-0.2, -0.15) is 0 Å². The van der Waals surface area contributed by atoms with E-state index in [-0.39, 0.29) is 6.03 Å². The number of pyridine rings is 1. The van der Waals surface area contributed by atoms with Gasteiger partial charge in [0.05, 0.1) is 0 Å². The van der Waals surface area contributed by atoms with Crippen LogP contribution in [-0.4, -0.2) is 35.8 Å². The molecule has 0 fully saturated rings. The Labute approximate surface area is 118 Å². The van der Waals surface area contributed by atoms with Crippen LogP contribution >= 0.6 is 0 Å². The van der Waals surface area contributed by atoms with Gasteiger partial charge in [-0.05, 0) is 32.9 Å². The Hall–Kier alpha value is -2.31. The van der Waals surface area contributed by atoms with Crippen LogP contribution in [0.3, 0.4) is 0 Å². The summed E-state index contributed by atoms with van der Waals surface area (Å²) < 4.78 is 5.06. The van der Waals surface area contributed by atoms with E-state index in [1.54, 1.807) is 45.3 Å². The van der Waals surface area contributed by atoms with E-state index in [1.807, 2.05) is 0 Å². The summed E-state index contributed by atoms with van der Waals surface area (Å²) >= 11 is 0. The van der Waals surface area contributed by atoms with Gasteiger partial charge in [0.25, 0.3) is 0 Å². The molecule has 0 aliphatic carbocycles. The predicted octanol–water partition coefficient (Wildman–Crippen LogP) is 1.73. The minimum absolute atomic E-state index is 0.290. The molecule has 0 aliphatic heterocycles. The fraction of sp³-hybridized carbons (Fsp3) is 0.462. The quantitative estimate of drug-likeness (QED) is 0.732. The first-order valence-electron chi connectivity index (χ1n) is 6.28. The first kappa shape index (κ1) is 15.7. The molecule has 0 atom stereocenters. The summed E-state index contributed by atoms with van der Waals surface area (Å²) in [5, 5.41) is 7.79. The number of ether oxygens (including phenoxy) is 1. The van der Waals surface area contributed by atoms with E-state index in [0.717, 1.165) is 0 Å². The number of alkyl carbamates (subject to hydrolysis) is 1. The van der Waals surface area contributed by atoms with Gasteiger partial charge in [-0.25, -0.2) is 9.59 Å². The number of hydrogen-bond donors (Lipinski definition) is 3. The van der Waals surface area contributed by atoms with E-state index in [0.29, 0.717) is 18.8 Å². The number of urea groups is 1. The molecule has 0 spiro atoms. The Morgan fingerprint density at radius 3 is 2.35 bits per heavy atom. The number of rotatable bonds is 4. The maximum atomic E-state index is 11.5. The first-order chi connectivity index (χ1) is 9.37. The van der Waals surface area contributed by atoms with Crippen molar-refractivity contribution in [2.45, 2.75) is 26.4 Å². The van der Waals surface area contributed by atoms with Crippen LogP contribution in [-0.2, 0) is 4.74 Å². The van der Waals surface area contributed by atoms with Crippen LogP contribution < -0.4 is 16.0 Å². The Morgan fingerprint density at radius 1 is 1.15 bits per heavy atom. The molecular weight excluding hydrogens is 260 g/mol. The summed E-state index contributed by atoms with van der Waals surface area (Å²) in [6.07, 6.45) is 2.66. The molecule has 0 radical (unpaired) electrons. The summed E-state index contributed by atoms with van der Waals surface area (Å²) in [7, 11) is 0. The monoisotopic (exact) mass is 280 g/mol. The lowest BCUT2D eigenvalue weighted by Gasteiger charge is -2.19. The molecule has 0 aromatic carbocycles. The predicted molar refractivity (Wildman–Crippen MR) is 75.5 cm³/mol. The maximum Gasteiger partial charge on any atom is 0.407 e. The standard InChI is InChI=1S/C13H20N4O3/c1-13(2,3)20-12(19)16-9-8-15-11(18)17-10-4-6-14-7-5-10/h4-7H,8-9H2,1-3H3,(H,16,19)(H2,14,15,17,18). The first-order valence-corrected chi connectivity index (χ1v) is 6.28. The molecule has 1 aromatic rings. The fourth-order valence-electron chi connectivity index (χ4n) is 1.27. The van der Waals surface area contributed by atoms with Crippen molar-refractivity contribution in [3.8, 4) is 0 Å². The van der Waals surface area contributed by atoms with E-state index >= 15 is 0 Å². The zero-order chi connectivity index (χ0) is 15.0. The molecule has 1 aromatic heterocycles. The third kappa shape index (κ3) is 7.20. The second kappa shape index (κ2) is 7.32. The summed E-state index contributed by atoms with van der Waals surface area (Å²) in [4.78, 5) is 26.7. The van der Waals surface area contributed by atoms with Crippen molar-refractivity contribution in [3.05, 3.63) is 24.5 Å². The highest BCUT2D eigenvalue weighted by Crippen LogP contribution is 2.06. The molecule has 1 heterocycles. The van der Waals surface area contributed by atoms with Crippen LogP contribution in [0.2, 0.25) is 0 Å². The van der Waals surface area contributed by atoms with E-state index in [1.165, 1.54) is 0 Å². The minimum Gasteiger partial charge on any atom is -0.444 e. The van der Waals surface area contributed by atoms with Crippen LogP contribution in [0.15, 0.2) is 24.5 Å². The summed E-state index contributed by atoms with van der Waals surface area (Å²) in [6, 6.07) is 3.01. The SMILES string of the molecule is CC(C)(C)OC(=O)NCCNC(=O)Nc1ccncc1. The molecule has 1 rings (SSSR count). The van der Waals surface area contributed by atoms with Crippen LogP contribution in [0.5, 0.6) is 0 Å². The lowest BCUT2D eigenvalue weighted by Crippen LogP contribution is -2.39. The number of nitrogens with one attached hydrogen (secondary N) is 3. The zero-order valence-corrected chi connectivity index (χ0v) is 11.9. The smallest absolute Gasteiger partial charge is 0.407 e. The van der Waals surface area contributed by atoms with E-state index in [4.69, 9.17) is 4.74 Å². The molecule has 0 bridgehead atoms. The number of nitrogens with zero attached hydrogens (tertiary/aromatic N) is 1. The van der Waals surface area contributed by atoms with Gasteiger partial charge in [-0.3, -0.25) is 4.98 Å². The van der Waals surface area contributed by atoms with Crippen LogP contribution in [0.1, 0.15) is 20.8 Å². The molecule has 0 aliphatic rings. The highest BCUT2D eigenvalue weighted by Gasteiger charge is 2.15. The second-order valence-corrected chi connectivity index (χ2v) is 5.05. The largest absolute Gasteiger partial charge is 0.444 e. The average molecular weight is 280 g/mol. The van der Waals surface area contributed by atoms with E-state index in [2.05, 4.69) is 20.9 Å². The Bertz CT molecular complexity index is 443. The number of aromatic nitrogens is 1. The van der Waals surface area contributed by atoms with E-state index in [9.17, 15) is 9.59 Å². The molecule has 110 valence electrons. The highest BCUT2D eigenvalue weighted by molar-refractivity contribution is 5.89. The summed E-state index contributed by atoms with van der Waals surface area (Å²) in [5.74, 6) is 0. The van der Waals surface area contributed by atoms with Crippen molar-refractivity contribution in [1.82, 2.24) is 15.6 Å². The number of hydrogen-bond acceptors (Lipinski definition) is 4. The van der Waals surface area contributed by atoms with Gasteiger partial charge in [-0.1, -0.05) is 0 Å². The number of carbonyl (C=O) groups excluding carboxylic acids is 2. The molecule has 0 saturated carbocycles. The van der Waals surface area contributed by atoms with Gasteiger partial charge in [0.2, 0.25) is 0 Å². The summed E-state index contributed by atoms with van der Waals surface area (Å²) in [6.45, 7) is 5.95. The fourth-order valence-corrected chi connectivity index (χ4v) is 1.27. The zero-order valence-electron chi connectivity index (χ0n) is 11.9. The van der Waals surface area contributed by atoms with Crippen molar-refractivity contribution >= 4 is 17.8 Å². The lowest BCUT2D eigenvalue weighted by atomic mass is 10.2. The van der Waals surface area contributed by atoms with E-state index < -0.39 is 11.7 Å². The second-order valence-electron chi connectivity index (χ2n) is 5.05. The summed E-state index contributed by atoms with van der Waals surface area (Å²) in [5.41, 5.74) is 0.119. The van der Waals surface area contributed by atoms with Crippen molar-refractivity contribution in [2.75, 3.05) is 18.4 Å².